The zero-order valence-electron chi connectivity index (χ0n) is 17.2. The summed E-state index contributed by atoms with van der Waals surface area (Å²) >= 11 is 0. The average molecular weight is 395 g/mol. The minimum absolute atomic E-state index is 0.00515. The zero-order chi connectivity index (χ0) is 21.2. The fraction of sp³-hybridized carbons (Fsp3) is 0.417. The molecule has 0 spiro atoms. The van der Waals surface area contributed by atoms with Crippen molar-refractivity contribution in [3.63, 3.8) is 0 Å². The van der Waals surface area contributed by atoms with Crippen LogP contribution >= 0.6 is 0 Å². The standard InChI is InChI=1S/C24H28O5/c1-15(2)19-9-5-16(3)20(24(19,4)12-11-22(25)26)14-28-18-8-6-17-7-10-23(27)29-21(17)13-18/h5-8,10,13,19-20H,1,9,11-12,14H2,2-4H3,(H,25,26)/p-1/t19-,20+,24+/m0/s1. The molecule has 0 aliphatic heterocycles. The van der Waals surface area contributed by atoms with Crippen molar-refractivity contribution in [3.05, 3.63) is 64.6 Å². The molecule has 5 nitrogen and oxygen atoms in total. The van der Waals surface area contributed by atoms with Gasteiger partial charge in [-0.25, -0.2) is 4.79 Å². The fourth-order valence-electron chi connectivity index (χ4n) is 4.59. The number of rotatable bonds is 7. The molecule has 0 radical (unpaired) electrons. The summed E-state index contributed by atoms with van der Waals surface area (Å²) in [5.41, 5.74) is 2.02. The van der Waals surface area contributed by atoms with Crippen molar-refractivity contribution in [3.8, 4) is 5.75 Å². The number of allylic oxidation sites excluding steroid dienone is 2. The molecule has 5 heteroatoms. The number of carbonyl (C=O) groups excluding carboxylic acids is 1. The number of carboxylic acids is 1. The van der Waals surface area contributed by atoms with Gasteiger partial charge in [-0.05, 0) is 62.6 Å². The van der Waals surface area contributed by atoms with Crippen LogP contribution in [0.4, 0.5) is 0 Å². The van der Waals surface area contributed by atoms with E-state index in [1.54, 1.807) is 12.1 Å². The Balaban J connectivity index is 1.86. The largest absolute Gasteiger partial charge is 0.550 e. The van der Waals surface area contributed by atoms with Gasteiger partial charge in [0.2, 0.25) is 0 Å². The maximum Gasteiger partial charge on any atom is 0.336 e. The van der Waals surface area contributed by atoms with Crippen molar-refractivity contribution >= 4 is 16.9 Å². The summed E-state index contributed by atoms with van der Waals surface area (Å²) in [5, 5.41) is 12.0. The second-order valence-corrected chi connectivity index (χ2v) is 8.28. The molecule has 0 amide bonds. The smallest absolute Gasteiger partial charge is 0.336 e. The number of hydrogen-bond donors (Lipinski definition) is 0. The normalized spacial score (nSPS) is 24.2. The van der Waals surface area contributed by atoms with Crippen molar-refractivity contribution in [2.24, 2.45) is 17.3 Å². The lowest BCUT2D eigenvalue weighted by Gasteiger charge is -2.48. The summed E-state index contributed by atoms with van der Waals surface area (Å²) in [6.07, 6.45) is 3.56. The lowest BCUT2D eigenvalue weighted by Crippen LogP contribution is -2.43. The molecule has 1 heterocycles. The summed E-state index contributed by atoms with van der Waals surface area (Å²) in [5.74, 6) is -0.216. The van der Waals surface area contributed by atoms with Crippen LogP contribution < -0.4 is 15.5 Å². The van der Waals surface area contributed by atoms with Crippen molar-refractivity contribution in [2.75, 3.05) is 6.61 Å². The molecule has 1 aromatic heterocycles. The molecule has 1 aliphatic rings. The van der Waals surface area contributed by atoms with Gasteiger partial charge in [-0.2, -0.15) is 0 Å². The summed E-state index contributed by atoms with van der Waals surface area (Å²) < 4.78 is 11.3. The SMILES string of the molecule is C=C(C)[C@@H]1CC=C(C)[C@@H](COc2ccc3ccc(=O)oc3c2)[C@]1(C)CCC(=O)[O-]. The van der Waals surface area contributed by atoms with Gasteiger partial charge in [0.15, 0.2) is 0 Å². The maximum atomic E-state index is 11.5. The third-order valence-electron chi connectivity index (χ3n) is 6.29. The Labute approximate surface area is 170 Å². The quantitative estimate of drug-likeness (QED) is 0.525. The molecule has 3 rings (SSSR count). The monoisotopic (exact) mass is 395 g/mol. The summed E-state index contributed by atoms with van der Waals surface area (Å²) in [4.78, 5) is 22.6. The Morgan fingerprint density at radius 3 is 2.76 bits per heavy atom. The first-order chi connectivity index (χ1) is 13.7. The molecule has 3 atom stereocenters. The highest BCUT2D eigenvalue weighted by Gasteiger charge is 2.44. The highest BCUT2D eigenvalue weighted by molar-refractivity contribution is 5.77. The van der Waals surface area contributed by atoms with Crippen LogP contribution in [0, 0.1) is 17.3 Å². The molecule has 0 saturated carbocycles. The Hall–Kier alpha value is -2.82. The second-order valence-electron chi connectivity index (χ2n) is 8.28. The molecule has 1 aliphatic carbocycles. The third kappa shape index (κ3) is 4.44. The van der Waals surface area contributed by atoms with Crippen molar-refractivity contribution in [2.45, 2.75) is 40.0 Å². The molecule has 2 aromatic rings. The molecule has 154 valence electrons. The van der Waals surface area contributed by atoms with Gasteiger partial charge in [-0.1, -0.05) is 30.7 Å². The number of hydrogen-bond acceptors (Lipinski definition) is 5. The van der Waals surface area contributed by atoms with E-state index < -0.39 is 11.6 Å². The van der Waals surface area contributed by atoms with Gasteiger partial charge in [0.1, 0.15) is 11.3 Å². The van der Waals surface area contributed by atoms with Gasteiger partial charge in [-0.3, -0.25) is 0 Å². The number of carboxylic acid groups (broad SMARTS) is 1. The van der Waals surface area contributed by atoms with Crippen molar-refractivity contribution in [1.29, 1.82) is 0 Å². The Morgan fingerprint density at radius 2 is 2.07 bits per heavy atom. The van der Waals surface area contributed by atoms with E-state index in [1.165, 1.54) is 11.6 Å². The van der Waals surface area contributed by atoms with Gasteiger partial charge < -0.3 is 19.1 Å². The predicted octanol–water partition coefficient (Wildman–Crippen LogP) is 3.87. The number of benzene rings is 1. The lowest BCUT2D eigenvalue weighted by atomic mass is 9.58. The number of ether oxygens (including phenoxy) is 1. The summed E-state index contributed by atoms with van der Waals surface area (Å²) in [6, 6.07) is 8.52. The van der Waals surface area contributed by atoms with Crippen LogP contribution in [0.2, 0.25) is 0 Å². The van der Waals surface area contributed by atoms with E-state index in [0.29, 0.717) is 24.4 Å². The van der Waals surface area contributed by atoms with E-state index in [9.17, 15) is 14.7 Å². The van der Waals surface area contributed by atoms with Gasteiger partial charge in [0.25, 0.3) is 0 Å². The van der Waals surface area contributed by atoms with Crippen LogP contribution in [0.3, 0.4) is 0 Å². The maximum absolute atomic E-state index is 11.5. The first-order valence-corrected chi connectivity index (χ1v) is 9.89. The zero-order valence-corrected chi connectivity index (χ0v) is 17.2. The first kappa shape index (κ1) is 20.9. The number of aliphatic carboxylic acids is 1. The molecule has 29 heavy (non-hydrogen) atoms. The van der Waals surface area contributed by atoms with E-state index in [2.05, 4.69) is 26.5 Å². The van der Waals surface area contributed by atoms with Crippen LogP contribution in [0.25, 0.3) is 11.0 Å². The lowest BCUT2D eigenvalue weighted by molar-refractivity contribution is -0.306. The third-order valence-corrected chi connectivity index (χ3v) is 6.29. The van der Waals surface area contributed by atoms with Gasteiger partial charge in [0, 0.05) is 29.4 Å². The molecule has 1 aromatic carbocycles. The van der Waals surface area contributed by atoms with Gasteiger partial charge in [-0.15, -0.1) is 0 Å². The Morgan fingerprint density at radius 1 is 1.34 bits per heavy atom. The minimum Gasteiger partial charge on any atom is -0.550 e. The number of fused-ring (bicyclic) bond motifs is 1. The summed E-state index contributed by atoms with van der Waals surface area (Å²) in [6.45, 7) is 10.7. The van der Waals surface area contributed by atoms with E-state index in [0.717, 1.165) is 17.4 Å². The van der Waals surface area contributed by atoms with Gasteiger partial charge in [0.05, 0.1) is 6.61 Å². The number of carbonyl (C=O) groups is 1. The fourth-order valence-corrected chi connectivity index (χ4v) is 4.59. The Kier molecular flexibility index (Phi) is 5.96. The van der Waals surface area contributed by atoms with Crippen molar-refractivity contribution in [1.82, 2.24) is 0 Å². The van der Waals surface area contributed by atoms with E-state index >= 15 is 0 Å². The average Bonchev–Trinajstić information content (AvgIpc) is 2.65. The van der Waals surface area contributed by atoms with Crippen LogP contribution in [0.5, 0.6) is 5.75 Å². The molecular formula is C24H27O5-. The molecule has 0 saturated heterocycles. The van der Waals surface area contributed by atoms with E-state index in [-0.39, 0.29) is 23.7 Å². The van der Waals surface area contributed by atoms with Gasteiger partial charge >= 0.3 is 5.63 Å². The second kappa shape index (κ2) is 8.27. The molecule has 0 unspecified atom stereocenters. The Bertz CT molecular complexity index is 1020. The van der Waals surface area contributed by atoms with Crippen LogP contribution in [-0.4, -0.2) is 12.6 Å². The molecular weight excluding hydrogens is 368 g/mol. The molecule has 0 bridgehead atoms. The van der Waals surface area contributed by atoms with Crippen LogP contribution in [0.15, 0.2) is 63.3 Å². The highest BCUT2D eigenvalue weighted by atomic mass is 16.5. The highest BCUT2D eigenvalue weighted by Crippen LogP contribution is 2.51. The summed E-state index contributed by atoms with van der Waals surface area (Å²) in [7, 11) is 0. The van der Waals surface area contributed by atoms with E-state index in [1.807, 2.05) is 19.1 Å². The van der Waals surface area contributed by atoms with Crippen LogP contribution in [0.1, 0.15) is 40.0 Å². The van der Waals surface area contributed by atoms with E-state index in [4.69, 9.17) is 9.15 Å². The topological polar surface area (TPSA) is 79.6 Å². The predicted molar refractivity (Wildman–Crippen MR) is 110 cm³/mol. The molecule has 0 fully saturated rings. The van der Waals surface area contributed by atoms with Crippen molar-refractivity contribution < 1.29 is 19.1 Å². The minimum atomic E-state index is -1.04. The van der Waals surface area contributed by atoms with Crippen LogP contribution in [-0.2, 0) is 4.79 Å². The first-order valence-electron chi connectivity index (χ1n) is 9.89. The molecule has 0 N–H and O–H groups in total.